The van der Waals surface area contributed by atoms with Crippen LogP contribution in [0.25, 0.3) is 22.3 Å². The first-order valence-corrected chi connectivity index (χ1v) is 10.5. The van der Waals surface area contributed by atoms with Crippen LogP contribution in [0.1, 0.15) is 48.6 Å². The van der Waals surface area contributed by atoms with Gasteiger partial charge in [-0.25, -0.2) is 0 Å². The second-order valence-corrected chi connectivity index (χ2v) is 9.40. The van der Waals surface area contributed by atoms with Crippen molar-refractivity contribution in [3.05, 3.63) is 119 Å². The van der Waals surface area contributed by atoms with Crippen molar-refractivity contribution in [3.8, 4) is 22.3 Å². The molecule has 6 rings (SSSR count). The zero-order valence-corrected chi connectivity index (χ0v) is 17.2. The van der Waals surface area contributed by atoms with Crippen LogP contribution in [0, 0.1) is 0 Å². The average Bonchev–Trinajstić information content (AvgIpc) is 3.20. The number of fused-ring (bicyclic) bond motifs is 10. The maximum atomic E-state index is 2.48. The molecule has 4 aromatic rings. The molecule has 0 fully saturated rings. The summed E-state index contributed by atoms with van der Waals surface area (Å²) in [5.41, 5.74) is 12.4. The van der Waals surface area contributed by atoms with Crippen molar-refractivity contribution in [2.45, 2.75) is 31.6 Å². The maximum Gasteiger partial charge on any atom is 0.0725 e. The normalized spacial score (nSPS) is 15.0. The van der Waals surface area contributed by atoms with Crippen molar-refractivity contribution in [3.63, 3.8) is 0 Å². The quantitative estimate of drug-likeness (QED) is 0.262. The van der Waals surface area contributed by atoms with Crippen molar-refractivity contribution in [2.75, 3.05) is 0 Å². The third kappa shape index (κ3) is 1.99. The molecule has 0 unspecified atom stereocenters. The fraction of sp³-hybridized carbons (Fsp3) is 0.172. The average molecular weight is 373 g/mol. The Kier molecular flexibility index (Phi) is 3.17. The summed E-state index contributed by atoms with van der Waals surface area (Å²) in [6.45, 7) is 6.92. The highest BCUT2D eigenvalue weighted by molar-refractivity contribution is 5.94. The van der Waals surface area contributed by atoms with Gasteiger partial charge in [-0.3, -0.25) is 0 Å². The van der Waals surface area contributed by atoms with Crippen LogP contribution in [0.15, 0.2) is 91.0 Å². The van der Waals surface area contributed by atoms with Gasteiger partial charge in [0.15, 0.2) is 0 Å². The Morgan fingerprint density at radius 1 is 0.483 bits per heavy atom. The molecule has 0 atom stereocenters. The van der Waals surface area contributed by atoms with Crippen LogP contribution in [0.4, 0.5) is 0 Å². The third-order valence-electron chi connectivity index (χ3n) is 6.86. The first-order valence-electron chi connectivity index (χ1n) is 10.5. The fourth-order valence-corrected chi connectivity index (χ4v) is 5.56. The molecule has 0 aromatic heterocycles. The molecule has 140 valence electrons. The summed E-state index contributed by atoms with van der Waals surface area (Å²) in [5, 5.41) is 0. The van der Waals surface area contributed by atoms with E-state index in [0.29, 0.717) is 0 Å². The standard InChI is InChI=1S/C29H24/c1-28(2,3)19-16-17-23-22-12-6-9-15-26(22)29(27(23)18-19)24-13-7-4-10-20(24)21-11-5-8-14-25(21)29/h4-18H,1-3H3. The lowest BCUT2D eigenvalue weighted by molar-refractivity contribution is 0.588. The summed E-state index contributed by atoms with van der Waals surface area (Å²) < 4.78 is 0. The molecule has 0 amide bonds. The van der Waals surface area contributed by atoms with Crippen molar-refractivity contribution in [2.24, 2.45) is 0 Å². The van der Waals surface area contributed by atoms with E-state index in [4.69, 9.17) is 0 Å². The first kappa shape index (κ1) is 16.8. The number of benzene rings is 4. The molecular weight excluding hydrogens is 348 g/mol. The van der Waals surface area contributed by atoms with Crippen LogP contribution >= 0.6 is 0 Å². The fourth-order valence-electron chi connectivity index (χ4n) is 5.56. The molecule has 0 saturated heterocycles. The number of rotatable bonds is 0. The van der Waals surface area contributed by atoms with E-state index in [1.165, 1.54) is 50.1 Å². The molecular formula is C29H24. The molecule has 29 heavy (non-hydrogen) atoms. The van der Waals surface area contributed by atoms with E-state index in [1.807, 2.05) is 0 Å². The summed E-state index contributed by atoms with van der Waals surface area (Å²) in [5.74, 6) is 0. The van der Waals surface area contributed by atoms with Gasteiger partial charge in [0.05, 0.1) is 5.41 Å². The van der Waals surface area contributed by atoms with Gasteiger partial charge in [0.25, 0.3) is 0 Å². The first-order chi connectivity index (χ1) is 14.0. The summed E-state index contributed by atoms with van der Waals surface area (Å²) in [7, 11) is 0. The number of hydrogen-bond acceptors (Lipinski definition) is 0. The minimum atomic E-state index is -0.222. The Hall–Kier alpha value is -3.12. The molecule has 1 spiro atoms. The Morgan fingerprint density at radius 3 is 1.34 bits per heavy atom. The molecule has 0 aliphatic heterocycles. The highest BCUT2D eigenvalue weighted by Crippen LogP contribution is 2.62. The summed E-state index contributed by atoms with van der Waals surface area (Å²) >= 11 is 0. The maximum absolute atomic E-state index is 2.48. The zero-order valence-electron chi connectivity index (χ0n) is 17.2. The van der Waals surface area contributed by atoms with E-state index in [-0.39, 0.29) is 10.8 Å². The molecule has 4 aromatic carbocycles. The minimum absolute atomic E-state index is 0.114. The van der Waals surface area contributed by atoms with E-state index in [2.05, 4.69) is 112 Å². The van der Waals surface area contributed by atoms with Crippen LogP contribution in [0.3, 0.4) is 0 Å². The van der Waals surface area contributed by atoms with Crippen LogP contribution in [0.5, 0.6) is 0 Å². The molecule has 0 heterocycles. The molecule has 0 nitrogen and oxygen atoms in total. The van der Waals surface area contributed by atoms with Gasteiger partial charge in [0, 0.05) is 0 Å². The Bertz CT molecular complexity index is 1220. The molecule has 0 heteroatoms. The monoisotopic (exact) mass is 372 g/mol. The van der Waals surface area contributed by atoms with E-state index in [9.17, 15) is 0 Å². The summed E-state index contributed by atoms with van der Waals surface area (Å²) in [6.07, 6.45) is 0. The predicted octanol–water partition coefficient (Wildman–Crippen LogP) is 7.33. The van der Waals surface area contributed by atoms with E-state index < -0.39 is 0 Å². The third-order valence-corrected chi connectivity index (χ3v) is 6.86. The summed E-state index contributed by atoms with van der Waals surface area (Å²) in [6, 6.07) is 34.1. The summed E-state index contributed by atoms with van der Waals surface area (Å²) in [4.78, 5) is 0. The lowest BCUT2D eigenvalue weighted by Gasteiger charge is -2.31. The molecule has 0 bridgehead atoms. The smallest absolute Gasteiger partial charge is 0.0619 e. The molecule has 0 N–H and O–H groups in total. The van der Waals surface area contributed by atoms with Crippen molar-refractivity contribution >= 4 is 0 Å². The minimum Gasteiger partial charge on any atom is -0.0619 e. The van der Waals surface area contributed by atoms with Gasteiger partial charge in [0.1, 0.15) is 0 Å². The largest absolute Gasteiger partial charge is 0.0725 e. The highest BCUT2D eigenvalue weighted by Gasteiger charge is 2.51. The Labute approximate surface area is 172 Å². The topological polar surface area (TPSA) is 0 Å². The Morgan fingerprint density at radius 2 is 0.897 bits per heavy atom. The van der Waals surface area contributed by atoms with Gasteiger partial charge >= 0.3 is 0 Å². The van der Waals surface area contributed by atoms with E-state index >= 15 is 0 Å². The van der Waals surface area contributed by atoms with Gasteiger partial charge in [-0.1, -0.05) is 112 Å². The van der Waals surface area contributed by atoms with Crippen LogP contribution in [-0.2, 0) is 10.8 Å². The van der Waals surface area contributed by atoms with E-state index in [1.54, 1.807) is 0 Å². The number of hydrogen-bond donors (Lipinski definition) is 0. The van der Waals surface area contributed by atoms with Crippen LogP contribution < -0.4 is 0 Å². The van der Waals surface area contributed by atoms with Crippen molar-refractivity contribution < 1.29 is 0 Å². The molecule has 2 aliphatic carbocycles. The molecule has 0 saturated carbocycles. The van der Waals surface area contributed by atoms with Gasteiger partial charge < -0.3 is 0 Å². The zero-order chi connectivity index (χ0) is 19.8. The second kappa shape index (κ2) is 5.48. The van der Waals surface area contributed by atoms with Gasteiger partial charge in [-0.15, -0.1) is 0 Å². The predicted molar refractivity (Wildman–Crippen MR) is 121 cm³/mol. The lowest BCUT2D eigenvalue weighted by Crippen LogP contribution is -2.26. The van der Waals surface area contributed by atoms with Gasteiger partial charge in [-0.2, -0.15) is 0 Å². The highest BCUT2D eigenvalue weighted by atomic mass is 14.5. The second-order valence-electron chi connectivity index (χ2n) is 9.40. The van der Waals surface area contributed by atoms with Gasteiger partial charge in [-0.05, 0) is 55.5 Å². The van der Waals surface area contributed by atoms with E-state index in [0.717, 1.165) is 0 Å². The lowest BCUT2D eigenvalue weighted by atomic mass is 9.69. The molecule has 2 aliphatic rings. The Balaban J connectivity index is 1.82. The SMILES string of the molecule is CC(C)(C)c1ccc2c(c1)C1(c3ccccc3-c3ccccc31)c1ccccc1-2. The van der Waals surface area contributed by atoms with Crippen molar-refractivity contribution in [1.82, 2.24) is 0 Å². The van der Waals surface area contributed by atoms with Crippen LogP contribution in [0.2, 0.25) is 0 Å². The van der Waals surface area contributed by atoms with Crippen molar-refractivity contribution in [1.29, 1.82) is 0 Å². The van der Waals surface area contributed by atoms with Crippen LogP contribution in [-0.4, -0.2) is 0 Å². The molecule has 0 radical (unpaired) electrons. The van der Waals surface area contributed by atoms with Gasteiger partial charge in [0.2, 0.25) is 0 Å².